The van der Waals surface area contributed by atoms with Crippen LogP contribution < -0.4 is 10.5 Å². The molecule has 3 heterocycles. The highest BCUT2D eigenvalue weighted by molar-refractivity contribution is 6.30. The first-order chi connectivity index (χ1) is 15.3. The molecule has 0 radical (unpaired) electrons. The molecule has 0 bridgehead atoms. The van der Waals surface area contributed by atoms with Gasteiger partial charge in [0, 0.05) is 43.8 Å². The Morgan fingerprint density at radius 1 is 1.25 bits per heavy atom. The van der Waals surface area contributed by atoms with Crippen LogP contribution in [-0.4, -0.2) is 40.1 Å². The van der Waals surface area contributed by atoms with Gasteiger partial charge in [-0.25, -0.2) is 0 Å². The summed E-state index contributed by atoms with van der Waals surface area (Å²) in [5, 5.41) is 10.5. The number of benzene rings is 1. The molecule has 2 atom stereocenters. The number of piperazine rings is 1. The number of pyridine rings is 2. The van der Waals surface area contributed by atoms with Gasteiger partial charge in [-0.3, -0.25) is 9.69 Å². The lowest BCUT2D eigenvalue weighted by Gasteiger charge is -2.44. The summed E-state index contributed by atoms with van der Waals surface area (Å²) in [7, 11) is 1.63. The topological polar surface area (TPSA) is 69.5 Å². The van der Waals surface area contributed by atoms with Gasteiger partial charge in [-0.15, -0.1) is 4.98 Å². The Morgan fingerprint density at radius 2 is 1.97 bits per heavy atom. The van der Waals surface area contributed by atoms with E-state index in [4.69, 9.17) is 18.2 Å². The van der Waals surface area contributed by atoms with E-state index in [9.17, 15) is 10.1 Å². The quantitative estimate of drug-likeness (QED) is 0.561. The predicted molar refractivity (Wildman–Crippen MR) is 126 cm³/mol. The summed E-state index contributed by atoms with van der Waals surface area (Å²) in [6.45, 7) is 13.7. The second-order valence-corrected chi connectivity index (χ2v) is 8.55. The fourth-order valence-electron chi connectivity index (χ4n) is 4.54. The van der Waals surface area contributed by atoms with E-state index in [0.717, 1.165) is 6.54 Å². The van der Waals surface area contributed by atoms with Crippen LogP contribution in [-0.2, 0) is 7.05 Å². The van der Waals surface area contributed by atoms with Crippen molar-refractivity contribution in [2.45, 2.75) is 25.9 Å². The van der Waals surface area contributed by atoms with Gasteiger partial charge >= 0.3 is 0 Å². The van der Waals surface area contributed by atoms with Crippen molar-refractivity contribution >= 4 is 34.1 Å². The molecule has 4 rings (SSSR count). The first-order valence-electron chi connectivity index (χ1n) is 10.4. The number of rotatable bonds is 3. The smallest absolute Gasteiger partial charge is 0.271 e. The molecule has 1 fully saturated rings. The molecule has 8 heteroatoms. The van der Waals surface area contributed by atoms with Crippen molar-refractivity contribution in [3.63, 3.8) is 0 Å². The summed E-state index contributed by atoms with van der Waals surface area (Å²) in [4.78, 5) is 25.3. The number of fused-ring (bicyclic) bond motifs is 1. The van der Waals surface area contributed by atoms with Crippen LogP contribution in [0, 0.1) is 17.9 Å². The van der Waals surface area contributed by atoms with Gasteiger partial charge in [-0.1, -0.05) is 30.3 Å². The lowest BCUT2D eigenvalue weighted by Crippen LogP contribution is -2.53. The molecular weight excluding hydrogens is 424 g/mol. The Kier molecular flexibility index (Phi) is 5.88. The molecule has 2 aromatic heterocycles. The van der Waals surface area contributed by atoms with Gasteiger partial charge in [0.15, 0.2) is 0 Å². The molecule has 7 nitrogen and oxygen atoms in total. The van der Waals surface area contributed by atoms with Gasteiger partial charge < -0.3 is 14.3 Å². The average molecular weight is 447 g/mol. The molecule has 1 saturated heterocycles. The fraction of sp³-hybridized carbons (Fsp3) is 0.333. The van der Waals surface area contributed by atoms with Crippen molar-refractivity contribution in [3.05, 3.63) is 74.3 Å². The zero-order valence-electron chi connectivity index (χ0n) is 18.2. The maximum Gasteiger partial charge on any atom is 0.271 e. The Morgan fingerprint density at radius 3 is 2.59 bits per heavy atom. The highest BCUT2D eigenvalue weighted by atomic mass is 35.5. The number of anilines is 1. The second-order valence-electron chi connectivity index (χ2n) is 8.11. The summed E-state index contributed by atoms with van der Waals surface area (Å²) in [6, 6.07) is 13.7. The fourth-order valence-corrected chi connectivity index (χ4v) is 4.66. The van der Waals surface area contributed by atoms with Crippen molar-refractivity contribution in [3.8, 4) is 6.07 Å². The van der Waals surface area contributed by atoms with Gasteiger partial charge in [0.2, 0.25) is 5.52 Å². The van der Waals surface area contributed by atoms with Gasteiger partial charge in [0.25, 0.3) is 11.4 Å². The minimum absolute atomic E-state index is 0.0704. The number of aryl methyl sites for hydroxylation is 1. The maximum atomic E-state index is 12.9. The van der Waals surface area contributed by atoms with E-state index in [1.165, 1.54) is 10.1 Å². The van der Waals surface area contributed by atoms with E-state index in [-0.39, 0.29) is 29.0 Å². The largest absolute Gasteiger partial charge is 0.364 e. The zero-order chi connectivity index (χ0) is 23.0. The first-order valence-corrected chi connectivity index (χ1v) is 10.8. The van der Waals surface area contributed by atoms with Crippen LogP contribution in [0.25, 0.3) is 15.9 Å². The molecule has 1 unspecified atom stereocenters. The van der Waals surface area contributed by atoms with Crippen LogP contribution in [0.5, 0.6) is 0 Å². The van der Waals surface area contributed by atoms with Crippen LogP contribution in [0.3, 0.4) is 0 Å². The van der Waals surface area contributed by atoms with Gasteiger partial charge in [-0.2, -0.15) is 5.26 Å². The van der Waals surface area contributed by atoms with E-state index < -0.39 is 0 Å². The number of hydrogen-bond acceptors (Lipinski definition) is 5. The second kappa shape index (κ2) is 8.63. The standard InChI is InChI=1S/C24H23ClN6O/c1-15-14-30(11-12-31(15)16(2)17-5-7-18(25)8-6-17)23-19(13-26)24(32)29(4)20-9-10-21(27-3)28-22(20)23/h5-10,15-16H,11-12,14H2,1-2,4H3/t15-,16?/m1/s1. The molecule has 0 aliphatic carbocycles. The highest BCUT2D eigenvalue weighted by Crippen LogP contribution is 2.32. The van der Waals surface area contributed by atoms with Gasteiger partial charge in [-0.05, 0) is 43.7 Å². The molecule has 162 valence electrons. The van der Waals surface area contributed by atoms with Crippen LogP contribution in [0.4, 0.5) is 11.5 Å². The monoisotopic (exact) mass is 446 g/mol. The predicted octanol–water partition coefficient (Wildman–Crippen LogP) is 4.28. The molecule has 1 aliphatic heterocycles. The van der Waals surface area contributed by atoms with Crippen molar-refractivity contribution in [2.75, 3.05) is 24.5 Å². The van der Waals surface area contributed by atoms with Crippen molar-refractivity contribution in [2.24, 2.45) is 7.05 Å². The van der Waals surface area contributed by atoms with Crippen LogP contribution >= 0.6 is 11.6 Å². The summed E-state index contributed by atoms with van der Waals surface area (Å²) in [5.41, 5.74) is 2.57. The lowest BCUT2D eigenvalue weighted by atomic mass is 10.0. The number of aromatic nitrogens is 2. The molecule has 1 aliphatic rings. The molecule has 3 aromatic rings. The first kappa shape index (κ1) is 21.8. The van der Waals surface area contributed by atoms with E-state index in [1.54, 1.807) is 19.2 Å². The van der Waals surface area contributed by atoms with Crippen molar-refractivity contribution in [1.29, 1.82) is 5.26 Å². The van der Waals surface area contributed by atoms with E-state index >= 15 is 0 Å². The van der Waals surface area contributed by atoms with E-state index in [0.29, 0.717) is 34.8 Å². The Balaban J connectivity index is 1.73. The number of nitriles is 1. The minimum atomic E-state index is -0.350. The molecular formula is C24H23ClN6O. The molecule has 32 heavy (non-hydrogen) atoms. The SMILES string of the molecule is [C-]#[N+]c1ccc2c(n1)c(N1CCN(C(C)c3ccc(Cl)cc3)[C@H](C)C1)c(C#N)c(=O)n2C. The molecule has 0 spiro atoms. The summed E-state index contributed by atoms with van der Waals surface area (Å²) < 4.78 is 1.43. The highest BCUT2D eigenvalue weighted by Gasteiger charge is 2.32. The number of nitrogens with zero attached hydrogens (tertiary/aromatic N) is 6. The Labute approximate surface area is 191 Å². The normalized spacial score (nSPS) is 17.7. The lowest BCUT2D eigenvalue weighted by molar-refractivity contribution is 0.138. The van der Waals surface area contributed by atoms with Crippen LogP contribution in [0.2, 0.25) is 5.02 Å². The van der Waals surface area contributed by atoms with Gasteiger partial charge in [0.1, 0.15) is 17.3 Å². The number of hydrogen-bond donors (Lipinski definition) is 0. The molecule has 1 aromatic carbocycles. The summed E-state index contributed by atoms with van der Waals surface area (Å²) in [6.07, 6.45) is 0. The summed E-state index contributed by atoms with van der Waals surface area (Å²) in [5.74, 6) is 0.240. The maximum absolute atomic E-state index is 12.9. The van der Waals surface area contributed by atoms with Gasteiger partial charge in [0.05, 0.1) is 5.52 Å². The minimum Gasteiger partial charge on any atom is -0.364 e. The molecule has 0 saturated carbocycles. The van der Waals surface area contributed by atoms with E-state index in [2.05, 4.69) is 39.5 Å². The Hall–Kier alpha value is -3.39. The third kappa shape index (κ3) is 3.71. The van der Waals surface area contributed by atoms with E-state index in [1.807, 2.05) is 24.3 Å². The molecule has 0 N–H and O–H groups in total. The summed E-state index contributed by atoms with van der Waals surface area (Å²) >= 11 is 6.04. The average Bonchev–Trinajstić information content (AvgIpc) is 2.80. The number of halogens is 1. The third-order valence-electron chi connectivity index (χ3n) is 6.27. The Bertz CT molecular complexity index is 1320. The van der Waals surface area contributed by atoms with Crippen molar-refractivity contribution < 1.29 is 0 Å². The van der Waals surface area contributed by atoms with Crippen LogP contribution in [0.15, 0.2) is 41.2 Å². The van der Waals surface area contributed by atoms with Crippen molar-refractivity contribution in [1.82, 2.24) is 14.5 Å². The third-order valence-corrected chi connectivity index (χ3v) is 6.52. The van der Waals surface area contributed by atoms with Crippen LogP contribution in [0.1, 0.15) is 31.0 Å². The molecule has 0 amide bonds. The zero-order valence-corrected chi connectivity index (χ0v) is 19.0.